The molecule has 35 heavy (non-hydrogen) atoms. The second-order valence-electron chi connectivity index (χ2n) is 8.69. The van der Waals surface area contributed by atoms with E-state index in [2.05, 4.69) is 40.7 Å². The van der Waals surface area contributed by atoms with Crippen LogP contribution >= 0.6 is 11.6 Å². The third-order valence-electron chi connectivity index (χ3n) is 5.74. The highest BCUT2D eigenvalue weighted by Gasteiger charge is 2.16. The van der Waals surface area contributed by atoms with Crippen LogP contribution in [0.25, 0.3) is 10.9 Å². The van der Waals surface area contributed by atoms with Crippen molar-refractivity contribution in [3.8, 4) is 11.8 Å². The topological polar surface area (TPSA) is 90.3 Å². The summed E-state index contributed by atoms with van der Waals surface area (Å²) in [4.78, 5) is 19.7. The molecule has 0 aliphatic carbocycles. The van der Waals surface area contributed by atoms with Crippen molar-refractivity contribution in [2.75, 3.05) is 39.6 Å². The van der Waals surface area contributed by atoms with Gasteiger partial charge in [-0.15, -0.1) is 0 Å². The first-order valence-corrected chi connectivity index (χ1v) is 12.1. The highest BCUT2D eigenvalue weighted by atomic mass is 35.5. The molecule has 1 amide bonds. The summed E-state index contributed by atoms with van der Waals surface area (Å²) in [6.45, 7) is 2.12. The minimum Gasteiger partial charge on any atom is -0.495 e. The third kappa shape index (κ3) is 7.32. The highest BCUT2D eigenvalue weighted by molar-refractivity contribution is 6.32. The number of hydrogen-bond acceptors (Lipinski definition) is 6. The number of hydrogen-bond donors (Lipinski definition) is 2. The van der Waals surface area contributed by atoms with E-state index in [1.54, 1.807) is 31.5 Å². The molecule has 0 radical (unpaired) electrons. The van der Waals surface area contributed by atoms with Crippen molar-refractivity contribution >= 4 is 34.1 Å². The van der Waals surface area contributed by atoms with Crippen LogP contribution in [0.4, 0.5) is 5.69 Å². The number of pyridine rings is 1. The molecule has 2 N–H and O–H groups in total. The summed E-state index contributed by atoms with van der Waals surface area (Å²) < 4.78 is 5.23. The van der Waals surface area contributed by atoms with Crippen LogP contribution in [-0.4, -0.2) is 50.1 Å². The summed E-state index contributed by atoms with van der Waals surface area (Å²) in [7, 11) is 5.72. The van der Waals surface area contributed by atoms with Gasteiger partial charge in [0.25, 0.3) is 5.91 Å². The van der Waals surface area contributed by atoms with Gasteiger partial charge in [-0.1, -0.05) is 30.5 Å². The monoisotopic (exact) mass is 493 g/mol. The number of nitrogens with one attached hydrogen (secondary N) is 2. The molecule has 8 heteroatoms. The summed E-state index contributed by atoms with van der Waals surface area (Å²) in [6.07, 6.45) is 5.87. The molecule has 184 valence electrons. The Morgan fingerprint density at radius 2 is 1.94 bits per heavy atom. The summed E-state index contributed by atoms with van der Waals surface area (Å²) in [6, 6.07) is 13.0. The predicted molar refractivity (Wildman–Crippen MR) is 141 cm³/mol. The van der Waals surface area contributed by atoms with Crippen LogP contribution in [0.2, 0.25) is 5.02 Å². The summed E-state index contributed by atoms with van der Waals surface area (Å²) >= 11 is 6.28. The van der Waals surface area contributed by atoms with Crippen LogP contribution in [0, 0.1) is 11.3 Å². The molecule has 1 aromatic heterocycles. The Kier molecular flexibility index (Phi) is 9.71. The molecule has 0 saturated heterocycles. The van der Waals surface area contributed by atoms with E-state index in [1.807, 2.05) is 18.2 Å². The van der Waals surface area contributed by atoms with Crippen molar-refractivity contribution in [3.05, 3.63) is 64.3 Å². The lowest BCUT2D eigenvalue weighted by molar-refractivity contribution is 0.0953. The second kappa shape index (κ2) is 12.9. The molecule has 0 atom stereocenters. The van der Waals surface area contributed by atoms with Crippen LogP contribution in [-0.2, 0) is 6.54 Å². The molecule has 1 heterocycles. The van der Waals surface area contributed by atoms with Crippen molar-refractivity contribution < 1.29 is 9.53 Å². The lowest BCUT2D eigenvalue weighted by Gasteiger charge is -2.16. The van der Waals surface area contributed by atoms with Gasteiger partial charge >= 0.3 is 0 Å². The third-order valence-corrected chi connectivity index (χ3v) is 6.04. The Labute approximate surface area is 212 Å². The van der Waals surface area contributed by atoms with Gasteiger partial charge in [0.2, 0.25) is 0 Å². The van der Waals surface area contributed by atoms with Gasteiger partial charge in [-0.25, -0.2) is 0 Å². The first-order chi connectivity index (χ1) is 16.9. The molecule has 0 bridgehead atoms. The number of rotatable bonds is 12. The quantitative estimate of drug-likeness (QED) is 0.336. The maximum atomic E-state index is 13.1. The number of nitrogens with zero attached hydrogens (tertiary/aromatic N) is 3. The van der Waals surface area contributed by atoms with Gasteiger partial charge in [0.15, 0.2) is 0 Å². The smallest absolute Gasteiger partial charge is 0.254 e. The van der Waals surface area contributed by atoms with Gasteiger partial charge in [0, 0.05) is 24.7 Å². The number of ether oxygens (including phenoxy) is 1. The molecular weight excluding hydrogens is 462 g/mol. The zero-order valence-corrected chi connectivity index (χ0v) is 21.3. The molecule has 3 aromatic rings. The maximum absolute atomic E-state index is 13.1. The first kappa shape index (κ1) is 26.3. The Morgan fingerprint density at radius 1 is 1.14 bits per heavy atom. The molecule has 2 aromatic carbocycles. The fraction of sp³-hybridized carbons (Fsp3) is 0.370. The normalized spacial score (nSPS) is 10.9. The molecule has 0 fully saturated rings. The lowest BCUT2D eigenvalue weighted by atomic mass is 10.1. The largest absolute Gasteiger partial charge is 0.495 e. The van der Waals surface area contributed by atoms with Gasteiger partial charge in [-0.2, -0.15) is 5.26 Å². The van der Waals surface area contributed by atoms with Gasteiger partial charge in [0.1, 0.15) is 5.75 Å². The van der Waals surface area contributed by atoms with E-state index in [4.69, 9.17) is 16.3 Å². The Morgan fingerprint density at radius 3 is 2.66 bits per heavy atom. The van der Waals surface area contributed by atoms with E-state index in [0.29, 0.717) is 46.2 Å². The summed E-state index contributed by atoms with van der Waals surface area (Å²) in [5.74, 6) is 0.413. The van der Waals surface area contributed by atoms with Crippen LogP contribution in [0.1, 0.15) is 47.2 Å². The minimum atomic E-state index is -0.190. The van der Waals surface area contributed by atoms with Crippen LogP contribution < -0.4 is 15.4 Å². The van der Waals surface area contributed by atoms with Gasteiger partial charge in [-0.05, 0) is 69.4 Å². The van der Waals surface area contributed by atoms with Crippen LogP contribution in [0.5, 0.6) is 5.75 Å². The molecule has 0 spiro atoms. The van der Waals surface area contributed by atoms with Crippen LogP contribution in [0.15, 0.2) is 42.6 Å². The van der Waals surface area contributed by atoms with Crippen LogP contribution in [0.3, 0.4) is 0 Å². The van der Waals surface area contributed by atoms with Gasteiger partial charge in [-0.3, -0.25) is 9.78 Å². The number of fused-ring (bicyclic) bond motifs is 1. The van der Waals surface area contributed by atoms with Crippen molar-refractivity contribution in [3.63, 3.8) is 0 Å². The number of carbonyl (C=O) groups excluding carboxylic acids is 1. The standard InChI is InChI=1S/C27H32ClN5O2/c1-33(2)13-7-5-4-6-12-30-27(34)22-18-31-24-10-8-19(16-29)14-21(24)26(22)32-17-20-9-11-25(35-3)23(28)15-20/h8-11,14-15,18H,4-7,12-13,17H2,1-3H3,(H,30,34)(H,31,32). The minimum absolute atomic E-state index is 0.190. The Balaban J connectivity index is 1.76. The number of benzene rings is 2. The number of aromatic nitrogens is 1. The molecule has 0 aliphatic rings. The predicted octanol–water partition coefficient (Wildman–Crippen LogP) is 5.23. The first-order valence-electron chi connectivity index (χ1n) is 11.7. The molecule has 0 aliphatic heterocycles. The summed E-state index contributed by atoms with van der Waals surface area (Å²) in [5, 5.41) is 17.0. The number of methoxy groups -OCH3 is 1. The molecule has 0 unspecified atom stereocenters. The molecule has 7 nitrogen and oxygen atoms in total. The van der Waals surface area contributed by atoms with E-state index >= 15 is 0 Å². The van der Waals surface area contributed by atoms with Crippen molar-refractivity contribution in [1.82, 2.24) is 15.2 Å². The number of unbranched alkanes of at least 4 members (excludes halogenated alkanes) is 3. The second-order valence-corrected chi connectivity index (χ2v) is 9.09. The van der Waals surface area contributed by atoms with Gasteiger partial charge < -0.3 is 20.3 Å². The average molecular weight is 494 g/mol. The van der Waals surface area contributed by atoms with E-state index in [1.165, 1.54) is 0 Å². The molecule has 3 rings (SSSR count). The van der Waals surface area contributed by atoms with Crippen molar-refractivity contribution in [2.24, 2.45) is 0 Å². The number of carbonyl (C=O) groups is 1. The highest BCUT2D eigenvalue weighted by Crippen LogP contribution is 2.29. The molecule has 0 saturated carbocycles. The number of halogens is 1. The number of anilines is 1. The van der Waals surface area contributed by atoms with Gasteiger partial charge in [0.05, 0.1) is 40.5 Å². The fourth-order valence-corrected chi connectivity index (χ4v) is 4.12. The molecular formula is C27H32ClN5O2. The zero-order valence-electron chi connectivity index (χ0n) is 20.5. The number of amides is 1. The Hall–Kier alpha value is -3.34. The van der Waals surface area contributed by atoms with E-state index < -0.39 is 0 Å². The number of nitriles is 1. The van der Waals surface area contributed by atoms with E-state index in [0.717, 1.165) is 43.2 Å². The lowest BCUT2D eigenvalue weighted by Crippen LogP contribution is -2.26. The zero-order chi connectivity index (χ0) is 25.2. The fourth-order valence-electron chi connectivity index (χ4n) is 3.84. The van der Waals surface area contributed by atoms with Crippen molar-refractivity contribution in [2.45, 2.75) is 32.2 Å². The average Bonchev–Trinajstić information content (AvgIpc) is 2.85. The van der Waals surface area contributed by atoms with Crippen molar-refractivity contribution in [1.29, 1.82) is 5.26 Å². The Bertz CT molecular complexity index is 1210. The summed E-state index contributed by atoms with van der Waals surface area (Å²) in [5.41, 5.74) is 3.23. The maximum Gasteiger partial charge on any atom is 0.254 e. The van der Waals surface area contributed by atoms with E-state index in [-0.39, 0.29) is 5.91 Å². The van der Waals surface area contributed by atoms with E-state index in [9.17, 15) is 10.1 Å². The SMILES string of the molecule is COc1ccc(CNc2c(C(=O)NCCCCCCN(C)C)cnc3ccc(C#N)cc23)cc1Cl.